The van der Waals surface area contributed by atoms with E-state index in [1.807, 2.05) is 0 Å². The first-order valence-electron chi connectivity index (χ1n) is 4.83. The van der Waals surface area contributed by atoms with E-state index in [0.717, 1.165) is 6.42 Å². The Morgan fingerprint density at radius 1 is 1.47 bits per heavy atom. The second-order valence-electron chi connectivity index (χ2n) is 3.66. The number of nitrogens with two attached hydrogens (primary N) is 1. The third-order valence-corrected chi connectivity index (χ3v) is 2.68. The van der Waals surface area contributed by atoms with Crippen molar-refractivity contribution in [3.8, 4) is 0 Å². The van der Waals surface area contributed by atoms with Gasteiger partial charge in [-0.2, -0.15) is 0 Å². The van der Waals surface area contributed by atoms with Crippen molar-refractivity contribution in [1.82, 2.24) is 9.88 Å². The van der Waals surface area contributed by atoms with Gasteiger partial charge < -0.3 is 10.6 Å². The fourth-order valence-electron chi connectivity index (χ4n) is 1.64. The van der Waals surface area contributed by atoms with Crippen molar-refractivity contribution in [2.75, 3.05) is 13.1 Å². The lowest BCUT2D eigenvalue weighted by atomic mass is 10.3. The number of amides is 1. The molecule has 96 valence electrons. The lowest BCUT2D eigenvalue weighted by Gasteiger charge is -2.14. The molecule has 2 N–H and O–H groups in total. The van der Waals surface area contributed by atoms with Crippen molar-refractivity contribution >= 4 is 42.3 Å². The lowest BCUT2D eigenvalue weighted by molar-refractivity contribution is 0.0785. The summed E-state index contributed by atoms with van der Waals surface area (Å²) in [5.74, 6) is -0.0698. The molecule has 0 spiro atoms. The van der Waals surface area contributed by atoms with Gasteiger partial charge in [-0.3, -0.25) is 4.79 Å². The Morgan fingerprint density at radius 3 is 2.65 bits per heavy atom. The summed E-state index contributed by atoms with van der Waals surface area (Å²) in [5, 5.41) is 0.532. The molecule has 0 radical (unpaired) electrons. The normalized spacial score (nSPS) is 18.2. The Bertz CT molecular complexity index is 372. The smallest absolute Gasteiger partial charge is 0.272 e. The van der Waals surface area contributed by atoms with Gasteiger partial charge in [0.25, 0.3) is 5.91 Å². The largest absolute Gasteiger partial charge is 0.336 e. The quantitative estimate of drug-likeness (QED) is 0.859. The highest BCUT2D eigenvalue weighted by molar-refractivity contribution is 6.30. The van der Waals surface area contributed by atoms with Crippen LogP contribution in [0.25, 0.3) is 0 Å². The molecule has 0 aromatic carbocycles. The van der Waals surface area contributed by atoms with E-state index in [1.54, 1.807) is 17.0 Å². The molecule has 1 fully saturated rings. The summed E-state index contributed by atoms with van der Waals surface area (Å²) in [5.41, 5.74) is 6.15. The van der Waals surface area contributed by atoms with Gasteiger partial charge in [-0.1, -0.05) is 11.6 Å². The highest BCUT2D eigenvalue weighted by Crippen LogP contribution is 2.12. The monoisotopic (exact) mass is 297 g/mol. The molecule has 1 aliphatic heterocycles. The topological polar surface area (TPSA) is 59.2 Å². The third kappa shape index (κ3) is 4.00. The first kappa shape index (κ1) is 16.4. The maximum atomic E-state index is 11.9. The molecule has 4 nitrogen and oxygen atoms in total. The SMILES string of the molecule is Cl.Cl.N[C@H]1CCN(C(=O)c2ccc(Cl)cn2)C1. The number of hydrogen-bond acceptors (Lipinski definition) is 3. The fraction of sp³-hybridized carbons (Fsp3) is 0.400. The zero-order chi connectivity index (χ0) is 10.8. The van der Waals surface area contributed by atoms with E-state index < -0.39 is 0 Å². The molecule has 1 aromatic heterocycles. The molecule has 1 aromatic rings. The minimum Gasteiger partial charge on any atom is -0.336 e. The van der Waals surface area contributed by atoms with Crippen LogP contribution < -0.4 is 5.73 Å². The maximum absolute atomic E-state index is 11.9. The molecule has 0 bridgehead atoms. The summed E-state index contributed by atoms with van der Waals surface area (Å²) >= 11 is 5.69. The summed E-state index contributed by atoms with van der Waals surface area (Å²) in [6, 6.07) is 3.40. The van der Waals surface area contributed by atoms with Crippen LogP contribution in [0.15, 0.2) is 18.3 Å². The van der Waals surface area contributed by atoms with E-state index in [2.05, 4.69) is 4.98 Å². The Kier molecular flexibility index (Phi) is 6.78. The number of hydrogen-bond donors (Lipinski definition) is 1. The number of nitrogens with zero attached hydrogens (tertiary/aromatic N) is 2. The van der Waals surface area contributed by atoms with Gasteiger partial charge >= 0.3 is 0 Å². The molecule has 0 aliphatic carbocycles. The number of rotatable bonds is 1. The second kappa shape index (κ2) is 7.01. The highest BCUT2D eigenvalue weighted by Gasteiger charge is 2.24. The summed E-state index contributed by atoms with van der Waals surface area (Å²) in [6.45, 7) is 1.33. The molecular formula is C10H14Cl3N3O. The average Bonchev–Trinajstić information content (AvgIpc) is 2.65. The molecule has 1 amide bonds. The molecule has 1 aliphatic rings. The summed E-state index contributed by atoms with van der Waals surface area (Å²) in [4.78, 5) is 17.6. The Morgan fingerprint density at radius 2 is 2.18 bits per heavy atom. The molecule has 2 heterocycles. The maximum Gasteiger partial charge on any atom is 0.272 e. The first-order valence-corrected chi connectivity index (χ1v) is 5.21. The van der Waals surface area contributed by atoms with Crippen molar-refractivity contribution in [3.63, 3.8) is 0 Å². The molecule has 7 heteroatoms. The van der Waals surface area contributed by atoms with Gasteiger partial charge in [-0.05, 0) is 18.6 Å². The van der Waals surface area contributed by atoms with E-state index in [4.69, 9.17) is 17.3 Å². The van der Waals surface area contributed by atoms with Crippen LogP contribution in [0.2, 0.25) is 5.02 Å². The Balaban J connectivity index is 0.00000128. The second-order valence-corrected chi connectivity index (χ2v) is 4.10. The Labute approximate surface area is 117 Å². The van der Waals surface area contributed by atoms with Crippen molar-refractivity contribution in [2.45, 2.75) is 12.5 Å². The third-order valence-electron chi connectivity index (χ3n) is 2.46. The zero-order valence-corrected chi connectivity index (χ0v) is 11.4. The summed E-state index contributed by atoms with van der Waals surface area (Å²) < 4.78 is 0. The van der Waals surface area contributed by atoms with Crippen molar-refractivity contribution < 1.29 is 4.79 Å². The lowest BCUT2D eigenvalue weighted by Crippen LogP contribution is -2.32. The number of pyridine rings is 1. The van der Waals surface area contributed by atoms with E-state index in [9.17, 15) is 4.79 Å². The van der Waals surface area contributed by atoms with Crippen LogP contribution in [0.5, 0.6) is 0 Å². The van der Waals surface area contributed by atoms with Gasteiger partial charge in [0.2, 0.25) is 0 Å². The van der Waals surface area contributed by atoms with Crippen molar-refractivity contribution in [1.29, 1.82) is 0 Å². The number of carbonyl (C=O) groups excluding carboxylic acids is 1. The zero-order valence-electron chi connectivity index (χ0n) is 9.01. The van der Waals surface area contributed by atoms with E-state index >= 15 is 0 Å². The predicted octanol–water partition coefficient (Wildman–Crippen LogP) is 1.75. The van der Waals surface area contributed by atoms with Crippen LogP contribution in [-0.4, -0.2) is 34.9 Å². The van der Waals surface area contributed by atoms with Crippen LogP contribution in [0, 0.1) is 0 Å². The standard InChI is InChI=1S/C10H12ClN3O.2ClH/c11-7-1-2-9(13-5-7)10(15)14-4-3-8(12)6-14;;/h1-2,5,8H,3-4,6,12H2;2*1H/t8-;;/m0../s1. The predicted molar refractivity (Wildman–Crippen MR) is 72.2 cm³/mol. The van der Waals surface area contributed by atoms with Gasteiger partial charge in [0.1, 0.15) is 5.69 Å². The minimum atomic E-state index is -0.0698. The summed E-state index contributed by atoms with van der Waals surface area (Å²) in [7, 11) is 0. The van der Waals surface area contributed by atoms with Gasteiger partial charge in [0, 0.05) is 25.3 Å². The highest BCUT2D eigenvalue weighted by atomic mass is 35.5. The van der Waals surface area contributed by atoms with Gasteiger partial charge in [0.15, 0.2) is 0 Å². The number of halogens is 3. The van der Waals surface area contributed by atoms with Crippen LogP contribution in [0.4, 0.5) is 0 Å². The van der Waals surface area contributed by atoms with Crippen LogP contribution >= 0.6 is 36.4 Å². The summed E-state index contributed by atoms with van der Waals surface area (Å²) in [6.07, 6.45) is 2.34. The molecule has 0 unspecified atom stereocenters. The van der Waals surface area contributed by atoms with E-state index in [0.29, 0.717) is 23.8 Å². The molecule has 1 atom stereocenters. The van der Waals surface area contributed by atoms with Gasteiger partial charge in [-0.25, -0.2) is 4.98 Å². The van der Waals surface area contributed by atoms with Crippen molar-refractivity contribution in [3.05, 3.63) is 29.0 Å². The van der Waals surface area contributed by atoms with Crippen LogP contribution in [-0.2, 0) is 0 Å². The van der Waals surface area contributed by atoms with Gasteiger partial charge in [-0.15, -0.1) is 24.8 Å². The number of aromatic nitrogens is 1. The molecule has 1 saturated heterocycles. The van der Waals surface area contributed by atoms with E-state index in [-0.39, 0.29) is 36.8 Å². The van der Waals surface area contributed by atoms with E-state index in [1.165, 1.54) is 6.20 Å². The van der Waals surface area contributed by atoms with Crippen LogP contribution in [0.3, 0.4) is 0 Å². The van der Waals surface area contributed by atoms with Gasteiger partial charge in [0.05, 0.1) is 5.02 Å². The number of carbonyl (C=O) groups is 1. The number of likely N-dealkylation sites (tertiary alicyclic amines) is 1. The average molecular weight is 299 g/mol. The fourth-order valence-corrected chi connectivity index (χ4v) is 1.75. The van der Waals surface area contributed by atoms with Crippen molar-refractivity contribution in [2.24, 2.45) is 5.73 Å². The molecular weight excluding hydrogens is 284 g/mol. The Hall–Kier alpha value is -0.550. The minimum absolute atomic E-state index is 0. The molecule has 17 heavy (non-hydrogen) atoms. The first-order chi connectivity index (χ1) is 7.16. The molecule has 0 saturated carbocycles. The molecule has 2 rings (SSSR count). The van der Waals surface area contributed by atoms with Crippen LogP contribution in [0.1, 0.15) is 16.9 Å².